The van der Waals surface area contributed by atoms with E-state index in [0.29, 0.717) is 24.0 Å². The molecule has 0 aromatic heterocycles. The Hall–Kier alpha value is -6.53. The minimum atomic E-state index is -4.53. The first-order chi connectivity index (χ1) is 59.7. The molecule has 0 radical (unpaired) electrons. The third kappa shape index (κ3) is 27.8. The van der Waals surface area contributed by atoms with Crippen molar-refractivity contribution in [2.75, 3.05) is 82.7 Å². The van der Waals surface area contributed by atoms with Crippen LogP contribution in [0.4, 0.5) is 4.79 Å². The fourth-order valence-electron chi connectivity index (χ4n) is 16.6. The van der Waals surface area contributed by atoms with Crippen LogP contribution in [0.1, 0.15) is 126 Å². The molecule has 2 aromatic carbocycles. The Bertz CT molecular complexity index is 4560. The van der Waals surface area contributed by atoms with Crippen LogP contribution < -0.4 is 5.32 Å². The predicted molar refractivity (Wildman–Crippen MR) is 435 cm³/mol. The number of alkyl carbamates (subject to hydrolysis) is 1. The zero-order valence-electron chi connectivity index (χ0n) is 73.3. The van der Waals surface area contributed by atoms with Gasteiger partial charge in [0.2, 0.25) is 0 Å². The molecule has 22 aliphatic heterocycles. The second kappa shape index (κ2) is 44.8. The van der Waals surface area contributed by atoms with Gasteiger partial charge in [0.25, 0.3) is 40.5 Å². The third-order valence-electron chi connectivity index (χ3n) is 22.2. The van der Waals surface area contributed by atoms with Crippen molar-refractivity contribution >= 4 is 100 Å². The number of rotatable bonds is 31. The lowest BCUT2D eigenvalue weighted by Crippen LogP contribution is -2.69. The zero-order chi connectivity index (χ0) is 93.1. The molecule has 12 bridgehead atoms. The van der Waals surface area contributed by atoms with Gasteiger partial charge in [-0.3, -0.25) is 50.3 Å². The number of ether oxygens (including phenoxy) is 21. The Morgan fingerprint density at radius 3 is 1.07 bits per heavy atom. The van der Waals surface area contributed by atoms with Crippen LogP contribution in [-0.4, -0.2) is 324 Å². The fraction of sp³-hybridized carbons (Fsp3) is 0.750. The van der Waals surface area contributed by atoms with Crippen LogP contribution in [0.2, 0.25) is 0 Å². The van der Waals surface area contributed by atoms with Crippen molar-refractivity contribution in [2.24, 2.45) is 23.7 Å². The molecule has 23 aliphatic rings. The summed E-state index contributed by atoms with van der Waals surface area (Å²) in [5, 5.41) is 2.80. The third-order valence-corrected chi connectivity index (χ3v) is 25.5. The van der Waals surface area contributed by atoms with Crippen LogP contribution in [0.25, 0.3) is 11.1 Å². The highest BCUT2D eigenvalue weighted by Gasteiger charge is 2.63. The molecule has 42 nitrogen and oxygen atoms in total. The van der Waals surface area contributed by atoms with Crippen LogP contribution in [0.15, 0.2) is 48.5 Å². The van der Waals surface area contributed by atoms with E-state index in [2.05, 4.69) is 5.32 Å². The van der Waals surface area contributed by atoms with E-state index in [1.807, 2.05) is 48.5 Å². The largest absolute Gasteiger partial charge is 0.459 e. The molecule has 22 heterocycles. The van der Waals surface area contributed by atoms with Crippen molar-refractivity contribution in [1.82, 2.24) is 5.32 Å². The summed E-state index contributed by atoms with van der Waals surface area (Å²) in [6.45, 7) is 12.6. The van der Waals surface area contributed by atoms with Crippen LogP contribution in [0.5, 0.6) is 0 Å². The van der Waals surface area contributed by atoms with E-state index in [1.54, 1.807) is 27.7 Å². The minimum Gasteiger partial charge on any atom is -0.459 e. The number of esters is 7. The summed E-state index contributed by atoms with van der Waals surface area (Å²) in [5.74, 6) is -11.1. The maximum absolute atomic E-state index is 14.0. The van der Waals surface area contributed by atoms with E-state index in [9.17, 15) is 72.0 Å². The number of benzene rings is 2. The molecule has 47 heteroatoms. The van der Waals surface area contributed by atoms with Gasteiger partial charge in [-0.2, -0.15) is 45.4 Å². The van der Waals surface area contributed by atoms with E-state index in [4.69, 9.17) is 116 Å². The van der Waals surface area contributed by atoms with Gasteiger partial charge in [0, 0.05) is 91.0 Å². The number of hydrogen-bond donors (Lipinski definition) is 1. The summed E-state index contributed by atoms with van der Waals surface area (Å²) in [6, 6.07) is 15.8. The number of carbonyl (C=O) groups excluding carboxylic acids is 8. The highest BCUT2D eigenvalue weighted by Crippen LogP contribution is 2.48. The SMILES string of the molecule is CC[C@H]1O[C@@H]2O[C@H]3[C@H](OC(C)=O)[C@@H](OC(C)=O)[C@@H](O[C@H]4[C@H](OC(C)=O)[C@@H](C)[C@@H](O[C@H]5[C@H](C)[C@@H](C)[C@@H](O[C@H]6[C@H](C)[C@@H](OC(C)=O)[C@@H](O[C@H]7[C@H](OC(C)=O)[C@@H](OC(C)=O)[C@@H](O[C@H]1[C@H](OC(C)=O)[C@H]2OCCCSCCNC(=O)OCC1c2ccccc2-c2ccccc21)O[C@@H]7COS(C)(=O)=O)O[C@@H]6COS(C)(=O)=O)O[C@@H]5COS(C)(=O)=O)O[C@@H]4COS(C)(=O)=O)O[C@@H]3CC. The molecular formula is C80H115NO41S5. The molecule has 1 amide bonds. The lowest BCUT2D eigenvalue weighted by atomic mass is 9.83. The molecule has 0 saturated carbocycles. The first kappa shape index (κ1) is 103. The molecule has 22 fully saturated rings. The second-order valence-corrected chi connectivity index (χ2v) is 39.9. The Kier molecular flexibility index (Phi) is 36.2. The minimum absolute atomic E-state index is 0.0718. The average Bonchev–Trinajstić information content (AvgIpc) is 0.934. The maximum Gasteiger partial charge on any atom is 0.407 e. The van der Waals surface area contributed by atoms with Crippen molar-refractivity contribution in [1.29, 1.82) is 0 Å². The van der Waals surface area contributed by atoms with Gasteiger partial charge in [-0.1, -0.05) is 90.1 Å². The molecule has 0 unspecified atom stereocenters. The summed E-state index contributed by atoms with van der Waals surface area (Å²) in [7, 11) is -17.7. The molecule has 1 N–H and O–H groups in total. The second-order valence-electron chi connectivity index (χ2n) is 32.1. The quantitative estimate of drug-likeness (QED) is 0.0488. The van der Waals surface area contributed by atoms with E-state index in [0.717, 1.165) is 83.2 Å². The van der Waals surface area contributed by atoms with E-state index in [-0.39, 0.29) is 44.9 Å². The molecule has 30 atom stereocenters. The summed E-state index contributed by atoms with van der Waals surface area (Å²) in [5.41, 5.74) is 4.16. The van der Waals surface area contributed by atoms with Crippen molar-refractivity contribution in [3.8, 4) is 11.1 Å². The molecule has 2 aromatic rings. The van der Waals surface area contributed by atoms with Crippen LogP contribution in [0.3, 0.4) is 0 Å². The van der Waals surface area contributed by atoms with E-state index < -0.39 is 298 Å². The molecule has 127 heavy (non-hydrogen) atoms. The van der Waals surface area contributed by atoms with Crippen LogP contribution >= 0.6 is 11.8 Å². The van der Waals surface area contributed by atoms with Crippen molar-refractivity contribution < 1.29 is 188 Å². The summed E-state index contributed by atoms with van der Waals surface area (Å²) in [4.78, 5) is 110. The number of amides is 1. The Morgan fingerprint density at radius 1 is 0.346 bits per heavy atom. The first-order valence-electron chi connectivity index (χ1n) is 41.4. The fourth-order valence-corrected chi connectivity index (χ4v) is 18.9. The maximum atomic E-state index is 14.0. The first-order valence-corrected chi connectivity index (χ1v) is 49.8. The standard InChI is InChI=1S/C80H115NO41S5/c1-18-54-64-68(106-44(9)84)71(98-30-24-31-123-32-29-81-80(89)99-33-53-51-27-22-20-25-49(51)50-26-21-23-28-52(50)53)77(111-54)119-65-55(19-2)112-78(72(109-47(12)87)69(65)107-45(10)85)121-66-58(36-102-126(16,94)95)114-75(41(6)62(66)104-42(7)82)117-60-38(3)39(4)74(113-56(60)34-100-124(14,90)91)118-61-40(5)63(105-43(8)83)76(115-57(61)35-101-125(15,92)93)122-67-59(37-103-127(17,96)97)116-79(120-64)73(110-48(13)88)70(67)108-46(11)86/h20-23,25-28,38-41,53-79H,18-19,24,29-37H2,1-17H3,(H,81,89)/t38-,39-,40+,41-,54-,55-,56-,57-,58-,59-,60+,61+,62-,63-,64-,65-,66-,67-,68+,69+,70+,71-,72-,73-,74-,75-,76-,77-,78-,79-/m1/s1. The Balaban J connectivity index is 1.09. The van der Waals surface area contributed by atoms with Gasteiger partial charge in [0.15, 0.2) is 74.4 Å². The van der Waals surface area contributed by atoms with Gasteiger partial charge >= 0.3 is 47.9 Å². The number of hydrogen-bond acceptors (Lipinski definition) is 42. The lowest BCUT2D eigenvalue weighted by molar-refractivity contribution is -0.397. The topological polar surface area (TPSA) is 516 Å². The van der Waals surface area contributed by atoms with E-state index >= 15 is 0 Å². The molecule has 1 aliphatic carbocycles. The number of fused-ring (bicyclic) bond motifs is 3. The molecule has 716 valence electrons. The van der Waals surface area contributed by atoms with Gasteiger partial charge < -0.3 is 105 Å². The van der Waals surface area contributed by atoms with Crippen LogP contribution in [0, 0.1) is 23.7 Å². The average molecular weight is 1910 g/mol. The highest BCUT2D eigenvalue weighted by atomic mass is 32.2. The predicted octanol–water partition coefficient (Wildman–Crippen LogP) is 3.50. The van der Waals surface area contributed by atoms with Crippen molar-refractivity contribution in [3.63, 3.8) is 0 Å². The van der Waals surface area contributed by atoms with Crippen molar-refractivity contribution in [3.05, 3.63) is 59.7 Å². The summed E-state index contributed by atoms with van der Waals surface area (Å²) >= 11 is 1.40. The zero-order valence-corrected chi connectivity index (χ0v) is 77.4. The van der Waals surface area contributed by atoms with Gasteiger partial charge in [-0.05, 0) is 53.2 Å². The molecule has 22 saturated heterocycles. The molecule has 25 rings (SSSR count). The van der Waals surface area contributed by atoms with Gasteiger partial charge in [0.1, 0.15) is 67.6 Å². The normalized spacial score (nSPS) is 34.8. The summed E-state index contributed by atoms with van der Waals surface area (Å²) < 4.78 is 263. The van der Waals surface area contributed by atoms with Crippen LogP contribution in [-0.2, 0) is 190 Å². The monoisotopic (exact) mass is 1910 g/mol. The van der Waals surface area contributed by atoms with Gasteiger partial charge in [-0.15, -0.1) is 0 Å². The van der Waals surface area contributed by atoms with Crippen molar-refractivity contribution in [2.45, 2.75) is 275 Å². The van der Waals surface area contributed by atoms with E-state index in [1.165, 1.54) is 25.6 Å². The molecule has 0 spiro atoms. The smallest absolute Gasteiger partial charge is 0.407 e. The highest BCUT2D eigenvalue weighted by molar-refractivity contribution is 7.99. The van der Waals surface area contributed by atoms with Gasteiger partial charge in [-0.25, -0.2) is 4.79 Å². The number of carbonyl (C=O) groups is 8. The van der Waals surface area contributed by atoms with Gasteiger partial charge in [0.05, 0.1) is 75.9 Å². The lowest BCUT2D eigenvalue weighted by Gasteiger charge is -2.53. The number of thioether (sulfide) groups is 1. The summed E-state index contributed by atoms with van der Waals surface area (Å²) in [6.07, 6.45) is -43.8. The Labute approximate surface area is 741 Å². The number of nitrogens with one attached hydrogen (secondary N) is 1. The Morgan fingerprint density at radius 2 is 0.661 bits per heavy atom. The molecular weight excluding hydrogens is 1790 g/mol.